The van der Waals surface area contributed by atoms with Crippen LogP contribution >= 0.6 is 11.3 Å². The number of hydrogen-bond acceptors (Lipinski definition) is 6. The molecule has 2 heterocycles. The summed E-state index contributed by atoms with van der Waals surface area (Å²) in [5, 5.41) is 8.59. The van der Waals surface area contributed by atoms with Crippen LogP contribution in [-0.4, -0.2) is 29.9 Å². The van der Waals surface area contributed by atoms with E-state index < -0.39 is 20.0 Å². The third-order valence-corrected chi connectivity index (χ3v) is 9.81. The summed E-state index contributed by atoms with van der Waals surface area (Å²) in [7, 11) is -7.85. The van der Waals surface area contributed by atoms with Crippen LogP contribution < -0.4 is 14.8 Å². The van der Waals surface area contributed by atoms with E-state index in [0.717, 1.165) is 25.7 Å². The molecule has 3 N–H and O–H groups in total. The van der Waals surface area contributed by atoms with Gasteiger partial charge in [0, 0.05) is 5.56 Å². The van der Waals surface area contributed by atoms with E-state index in [9.17, 15) is 16.8 Å². The van der Waals surface area contributed by atoms with Gasteiger partial charge in [-0.05, 0) is 49.6 Å². The van der Waals surface area contributed by atoms with Gasteiger partial charge in [-0.2, -0.15) is 0 Å². The van der Waals surface area contributed by atoms with Crippen molar-refractivity contribution in [2.45, 2.75) is 54.0 Å². The molecule has 1 aliphatic rings. The Morgan fingerprint density at radius 3 is 2.48 bits per heavy atom. The summed E-state index contributed by atoms with van der Waals surface area (Å²) in [6.45, 7) is 5.04. The molecule has 160 valence electrons. The van der Waals surface area contributed by atoms with Crippen LogP contribution in [0.2, 0.25) is 0 Å². The predicted molar refractivity (Wildman–Crippen MR) is 116 cm³/mol. The molecule has 29 heavy (non-hydrogen) atoms. The number of nitrogens with two attached hydrogens (primary N) is 1. The second kappa shape index (κ2) is 8.73. The Morgan fingerprint density at radius 2 is 1.90 bits per heavy atom. The fourth-order valence-electron chi connectivity index (χ4n) is 3.36. The number of primary sulfonamides is 1. The Bertz CT molecular complexity index is 1060. The summed E-state index contributed by atoms with van der Waals surface area (Å²) in [6.07, 6.45) is 4.01. The number of benzene rings is 1. The number of nitrogens with one attached hydrogen (secondary N) is 1. The van der Waals surface area contributed by atoms with Gasteiger partial charge in [0.1, 0.15) is 8.42 Å². The fraction of sp³-hybridized carbons (Fsp3) is 0.474. The minimum atomic E-state index is -3.98. The second-order valence-corrected chi connectivity index (χ2v) is 12.1. The van der Waals surface area contributed by atoms with Gasteiger partial charge >= 0.3 is 0 Å². The molecule has 0 aliphatic carbocycles. The minimum Gasteiger partial charge on any atom is -0.308 e. The first-order chi connectivity index (χ1) is 13.7. The van der Waals surface area contributed by atoms with Crippen molar-refractivity contribution in [3.8, 4) is 0 Å². The molecule has 7 nitrogen and oxygen atoms in total. The zero-order chi connectivity index (χ0) is 21.2. The molecule has 0 radical (unpaired) electrons. The highest BCUT2D eigenvalue weighted by Crippen LogP contribution is 2.41. The molecule has 0 saturated carbocycles. The Labute approximate surface area is 177 Å². The Morgan fingerprint density at radius 1 is 1.21 bits per heavy atom. The smallest absolute Gasteiger partial charge is 0.274 e. The van der Waals surface area contributed by atoms with Crippen molar-refractivity contribution in [3.05, 3.63) is 41.5 Å². The lowest BCUT2D eigenvalue weighted by Crippen LogP contribution is -2.43. The summed E-state index contributed by atoms with van der Waals surface area (Å²) in [5.41, 5.74) is 2.21. The number of rotatable bonds is 8. The summed E-state index contributed by atoms with van der Waals surface area (Å²) in [6, 6.07) is 8.63. The lowest BCUT2D eigenvalue weighted by molar-refractivity contribution is 0.511. The van der Waals surface area contributed by atoms with Gasteiger partial charge in [-0.1, -0.05) is 32.4 Å². The van der Waals surface area contributed by atoms with Crippen LogP contribution in [0.3, 0.4) is 0 Å². The van der Waals surface area contributed by atoms with Crippen molar-refractivity contribution in [1.29, 1.82) is 0 Å². The molecule has 0 saturated heterocycles. The zero-order valence-corrected chi connectivity index (χ0v) is 19.0. The average molecular weight is 458 g/mol. The number of hydrogen-bond donors (Lipinski definition) is 2. The first-order valence-corrected chi connectivity index (χ1v) is 13.5. The molecule has 1 aromatic heterocycles. The van der Waals surface area contributed by atoms with Crippen LogP contribution in [0.5, 0.6) is 0 Å². The highest BCUT2D eigenvalue weighted by molar-refractivity contribution is 7.96. The Hall–Kier alpha value is -1.46. The van der Waals surface area contributed by atoms with Crippen LogP contribution in [0.1, 0.15) is 50.3 Å². The maximum absolute atomic E-state index is 13.3. The van der Waals surface area contributed by atoms with Crippen LogP contribution in [0.4, 0.5) is 5.69 Å². The van der Waals surface area contributed by atoms with Gasteiger partial charge in [-0.25, -0.2) is 22.0 Å². The van der Waals surface area contributed by atoms with Crippen LogP contribution in [0.25, 0.3) is 0 Å². The summed E-state index contributed by atoms with van der Waals surface area (Å²) in [4.78, 5) is 0. The first-order valence-electron chi connectivity index (χ1n) is 9.70. The standard InChI is InChI=1S/C19H27N3O4S3/c1-3-5-6-14-7-9-15(10-8-14)22-13-17(21-11-4-2)16-12-18(28(20,23)24)27-19(16)29(22,25)26/h7-10,12,17,21H,3-6,11,13H2,1-2H3,(H2,20,23,24). The van der Waals surface area contributed by atoms with E-state index in [2.05, 4.69) is 12.2 Å². The number of sulfonamides is 2. The Balaban J connectivity index is 2.02. The maximum atomic E-state index is 13.3. The van der Waals surface area contributed by atoms with Crippen molar-refractivity contribution >= 4 is 37.1 Å². The van der Waals surface area contributed by atoms with Crippen molar-refractivity contribution in [3.63, 3.8) is 0 Å². The molecule has 1 unspecified atom stereocenters. The van der Waals surface area contributed by atoms with Gasteiger partial charge in [-0.15, -0.1) is 11.3 Å². The quantitative estimate of drug-likeness (QED) is 0.633. The normalized spacial score (nSPS) is 18.6. The van der Waals surface area contributed by atoms with Gasteiger partial charge in [0.15, 0.2) is 0 Å². The predicted octanol–water partition coefficient (Wildman–Crippen LogP) is 2.99. The molecule has 0 amide bonds. The van der Waals surface area contributed by atoms with E-state index >= 15 is 0 Å². The lowest BCUT2D eigenvalue weighted by Gasteiger charge is -2.34. The van der Waals surface area contributed by atoms with E-state index in [-0.39, 0.29) is 21.0 Å². The molecular formula is C19H27N3O4S3. The van der Waals surface area contributed by atoms with Crippen LogP contribution in [-0.2, 0) is 26.5 Å². The van der Waals surface area contributed by atoms with Gasteiger partial charge in [0.25, 0.3) is 10.0 Å². The number of aryl methyl sites for hydroxylation is 1. The minimum absolute atomic E-state index is 0.0384. The number of nitrogens with zero attached hydrogens (tertiary/aromatic N) is 1. The first kappa shape index (κ1) is 22.2. The third kappa shape index (κ3) is 4.66. The molecule has 0 spiro atoms. The van der Waals surface area contributed by atoms with Crippen molar-refractivity contribution in [2.75, 3.05) is 17.4 Å². The van der Waals surface area contributed by atoms with Crippen LogP contribution in [0, 0.1) is 0 Å². The lowest BCUT2D eigenvalue weighted by atomic mass is 10.1. The van der Waals surface area contributed by atoms with Gasteiger partial charge in [0.2, 0.25) is 10.0 Å². The van der Waals surface area contributed by atoms with Gasteiger partial charge in [-0.3, -0.25) is 4.31 Å². The van der Waals surface area contributed by atoms with Crippen LogP contribution in [0.15, 0.2) is 38.8 Å². The number of fused-ring (bicyclic) bond motifs is 1. The largest absolute Gasteiger partial charge is 0.308 e. The van der Waals surface area contributed by atoms with Gasteiger partial charge in [0.05, 0.1) is 18.3 Å². The van der Waals surface area contributed by atoms with Crippen molar-refractivity contribution < 1.29 is 16.8 Å². The SMILES string of the molecule is CCCCc1ccc(N2CC(NCCC)c3cc(S(N)(=O)=O)sc3S2(=O)=O)cc1. The third-order valence-electron chi connectivity index (χ3n) is 4.92. The number of unbranched alkanes of at least 4 members (excludes halogenated alkanes) is 1. The molecule has 3 rings (SSSR count). The molecule has 0 bridgehead atoms. The number of thiophene rings is 1. The van der Waals surface area contributed by atoms with E-state index in [1.165, 1.54) is 15.9 Å². The van der Waals surface area contributed by atoms with Crippen molar-refractivity contribution in [1.82, 2.24) is 5.32 Å². The summed E-state index contributed by atoms with van der Waals surface area (Å²) < 4.78 is 51.5. The fourth-order valence-corrected chi connectivity index (χ4v) is 7.62. The van der Waals surface area contributed by atoms with E-state index in [1.807, 2.05) is 31.2 Å². The number of anilines is 1. The van der Waals surface area contributed by atoms with Gasteiger partial charge < -0.3 is 5.32 Å². The molecule has 2 aromatic rings. The highest BCUT2D eigenvalue weighted by Gasteiger charge is 2.40. The summed E-state index contributed by atoms with van der Waals surface area (Å²) >= 11 is 0.716. The molecule has 1 atom stereocenters. The highest BCUT2D eigenvalue weighted by atomic mass is 32.3. The van der Waals surface area contributed by atoms with E-state index in [1.54, 1.807) is 0 Å². The van der Waals surface area contributed by atoms with E-state index in [0.29, 0.717) is 29.1 Å². The topological polar surface area (TPSA) is 110 Å². The molecule has 10 heteroatoms. The average Bonchev–Trinajstić information content (AvgIpc) is 3.14. The van der Waals surface area contributed by atoms with Crippen molar-refractivity contribution in [2.24, 2.45) is 5.14 Å². The Kier molecular flexibility index (Phi) is 6.69. The zero-order valence-electron chi connectivity index (χ0n) is 16.6. The summed E-state index contributed by atoms with van der Waals surface area (Å²) in [5.74, 6) is 0. The molecule has 1 aliphatic heterocycles. The second-order valence-electron chi connectivity index (χ2n) is 7.17. The molecular weight excluding hydrogens is 430 g/mol. The monoisotopic (exact) mass is 457 g/mol. The molecule has 1 aromatic carbocycles. The maximum Gasteiger partial charge on any atom is 0.274 e. The molecule has 0 fully saturated rings. The van der Waals surface area contributed by atoms with E-state index in [4.69, 9.17) is 5.14 Å².